The number of benzene rings is 9. The third kappa shape index (κ3) is 6.86. The van der Waals surface area contributed by atoms with Gasteiger partial charge in [0.2, 0.25) is 0 Å². The van der Waals surface area contributed by atoms with E-state index in [1.54, 1.807) is 0 Å². The fourth-order valence-electron chi connectivity index (χ4n) is 8.46. The summed E-state index contributed by atoms with van der Waals surface area (Å²) < 4.78 is 2.45. The van der Waals surface area contributed by atoms with Crippen LogP contribution in [0.5, 0.6) is 0 Å². The molecule has 0 saturated heterocycles. The van der Waals surface area contributed by atoms with Crippen LogP contribution in [0.1, 0.15) is 0 Å². The Bertz CT molecular complexity index is 3270. The molecule has 4 heteroatoms. The maximum Gasteiger partial charge on any atom is 0.164 e. The van der Waals surface area contributed by atoms with Crippen molar-refractivity contribution >= 4 is 21.8 Å². The topological polar surface area (TPSA) is 43.6 Å². The SMILES string of the molecule is c1ccc(-c2ccc3c(c2)c2cc(-c4ccccc4)cc(-c4ccccc4)c2n3-c2cccc(-c3cccc(-c4nc(-c5ccccc5)nc(-c5ccccc5)n4)c3)c2)cc1. The minimum atomic E-state index is 0.629. The monoisotopic (exact) mass is 778 g/mol. The van der Waals surface area contributed by atoms with E-state index in [1.165, 1.54) is 49.7 Å². The molecule has 11 aromatic rings. The molecule has 2 aromatic heterocycles. The van der Waals surface area contributed by atoms with Crippen molar-refractivity contribution in [1.29, 1.82) is 0 Å². The first-order chi connectivity index (χ1) is 30.2. The molecule has 0 amide bonds. The number of fused-ring (bicyclic) bond motifs is 3. The molecule has 286 valence electrons. The maximum atomic E-state index is 5.03. The van der Waals surface area contributed by atoms with E-state index in [-0.39, 0.29) is 0 Å². The summed E-state index contributed by atoms with van der Waals surface area (Å²) in [6.07, 6.45) is 0. The van der Waals surface area contributed by atoms with Gasteiger partial charge in [-0.15, -0.1) is 0 Å². The average Bonchev–Trinajstić information content (AvgIpc) is 3.68. The van der Waals surface area contributed by atoms with Gasteiger partial charge in [-0.2, -0.15) is 0 Å². The van der Waals surface area contributed by atoms with Gasteiger partial charge >= 0.3 is 0 Å². The number of hydrogen-bond acceptors (Lipinski definition) is 3. The predicted molar refractivity (Wildman–Crippen MR) is 252 cm³/mol. The normalized spacial score (nSPS) is 11.3. The van der Waals surface area contributed by atoms with Gasteiger partial charge in [0, 0.05) is 38.7 Å². The Labute approximate surface area is 354 Å². The zero-order chi connectivity index (χ0) is 40.5. The Morgan fingerprint density at radius 3 is 1.28 bits per heavy atom. The fraction of sp³-hybridized carbons (Fsp3) is 0. The van der Waals surface area contributed by atoms with E-state index in [1.807, 2.05) is 60.7 Å². The molecule has 0 aliphatic carbocycles. The highest BCUT2D eigenvalue weighted by molar-refractivity contribution is 6.16. The minimum Gasteiger partial charge on any atom is -0.309 e. The van der Waals surface area contributed by atoms with Crippen LogP contribution >= 0.6 is 0 Å². The van der Waals surface area contributed by atoms with Gasteiger partial charge in [-0.1, -0.05) is 188 Å². The summed E-state index contributed by atoms with van der Waals surface area (Å²) in [6.45, 7) is 0. The number of aromatic nitrogens is 4. The molecule has 4 nitrogen and oxygen atoms in total. The number of nitrogens with zero attached hydrogens (tertiary/aromatic N) is 4. The van der Waals surface area contributed by atoms with Crippen molar-refractivity contribution in [3.05, 3.63) is 231 Å². The van der Waals surface area contributed by atoms with E-state index in [4.69, 9.17) is 15.0 Å². The van der Waals surface area contributed by atoms with E-state index < -0.39 is 0 Å². The average molecular weight is 779 g/mol. The highest BCUT2D eigenvalue weighted by Crippen LogP contribution is 2.43. The van der Waals surface area contributed by atoms with Crippen LogP contribution in [0, 0.1) is 0 Å². The second kappa shape index (κ2) is 15.5. The molecule has 0 atom stereocenters. The lowest BCUT2D eigenvalue weighted by Crippen LogP contribution is -2.00. The summed E-state index contributed by atoms with van der Waals surface area (Å²) >= 11 is 0. The van der Waals surface area contributed by atoms with Crippen LogP contribution in [0.3, 0.4) is 0 Å². The van der Waals surface area contributed by atoms with E-state index in [2.05, 4.69) is 174 Å². The van der Waals surface area contributed by atoms with Gasteiger partial charge in [-0.3, -0.25) is 0 Å². The van der Waals surface area contributed by atoms with Crippen LogP contribution in [0.2, 0.25) is 0 Å². The van der Waals surface area contributed by atoms with E-state index in [9.17, 15) is 0 Å². The summed E-state index contributed by atoms with van der Waals surface area (Å²) in [6, 6.07) is 81.4. The first kappa shape index (κ1) is 35.9. The molecular weight excluding hydrogens is 741 g/mol. The molecule has 0 aliphatic rings. The van der Waals surface area contributed by atoms with Crippen LogP contribution in [0.15, 0.2) is 231 Å². The molecule has 0 bridgehead atoms. The van der Waals surface area contributed by atoms with Crippen molar-refractivity contribution in [2.45, 2.75) is 0 Å². The second-order valence-electron chi connectivity index (χ2n) is 15.3. The first-order valence-electron chi connectivity index (χ1n) is 20.6. The molecule has 0 radical (unpaired) electrons. The van der Waals surface area contributed by atoms with Gasteiger partial charge in [-0.25, -0.2) is 15.0 Å². The lowest BCUT2D eigenvalue weighted by molar-refractivity contribution is 1.07. The van der Waals surface area contributed by atoms with Crippen molar-refractivity contribution in [2.24, 2.45) is 0 Å². The Kier molecular flexibility index (Phi) is 9.14. The molecule has 9 aromatic carbocycles. The largest absolute Gasteiger partial charge is 0.309 e. The summed E-state index contributed by atoms with van der Waals surface area (Å²) in [5.41, 5.74) is 15.5. The summed E-state index contributed by atoms with van der Waals surface area (Å²) in [5.74, 6) is 1.91. The Balaban J connectivity index is 1.10. The summed E-state index contributed by atoms with van der Waals surface area (Å²) in [5, 5.41) is 2.41. The molecule has 0 N–H and O–H groups in total. The van der Waals surface area contributed by atoms with Crippen LogP contribution < -0.4 is 0 Å². The van der Waals surface area contributed by atoms with Gasteiger partial charge in [-0.05, 0) is 81.4 Å². The van der Waals surface area contributed by atoms with Gasteiger partial charge in [0.05, 0.1) is 11.0 Å². The molecule has 11 rings (SSSR count). The Hall–Kier alpha value is -8.21. The zero-order valence-electron chi connectivity index (χ0n) is 33.2. The number of hydrogen-bond donors (Lipinski definition) is 0. The van der Waals surface area contributed by atoms with Gasteiger partial charge < -0.3 is 4.57 Å². The molecular formula is C57H38N4. The maximum absolute atomic E-state index is 5.03. The third-order valence-corrected chi connectivity index (χ3v) is 11.4. The van der Waals surface area contributed by atoms with Crippen molar-refractivity contribution in [1.82, 2.24) is 19.5 Å². The molecule has 0 aliphatic heterocycles. The minimum absolute atomic E-state index is 0.629. The van der Waals surface area contributed by atoms with Gasteiger partial charge in [0.25, 0.3) is 0 Å². The molecule has 0 spiro atoms. The smallest absolute Gasteiger partial charge is 0.164 e. The second-order valence-corrected chi connectivity index (χ2v) is 15.3. The van der Waals surface area contributed by atoms with E-state index in [0.29, 0.717) is 17.5 Å². The lowest BCUT2D eigenvalue weighted by Gasteiger charge is -2.15. The molecule has 2 heterocycles. The standard InChI is InChI=1S/C57H38N4/c1-6-18-39(19-7-1)46-32-33-53-51(36-46)52-38-48(40-20-8-2-9-21-40)37-50(41-22-10-3-11-23-41)54(52)61(53)49-31-17-29-45(35-49)44-28-16-30-47(34-44)57-59-55(42-24-12-4-13-25-42)58-56(60-57)43-26-14-5-15-27-43/h1-38H. The first-order valence-corrected chi connectivity index (χ1v) is 20.6. The molecule has 0 unspecified atom stereocenters. The van der Waals surface area contributed by atoms with Crippen LogP contribution in [0.4, 0.5) is 0 Å². The summed E-state index contributed by atoms with van der Waals surface area (Å²) in [4.78, 5) is 15.0. The van der Waals surface area contributed by atoms with Crippen LogP contribution in [-0.4, -0.2) is 19.5 Å². The van der Waals surface area contributed by atoms with Crippen molar-refractivity contribution < 1.29 is 0 Å². The van der Waals surface area contributed by atoms with Gasteiger partial charge in [0.1, 0.15) is 0 Å². The zero-order valence-corrected chi connectivity index (χ0v) is 33.2. The third-order valence-electron chi connectivity index (χ3n) is 11.4. The van der Waals surface area contributed by atoms with E-state index in [0.717, 1.165) is 39.0 Å². The van der Waals surface area contributed by atoms with Crippen molar-refractivity contribution in [3.8, 4) is 84.4 Å². The van der Waals surface area contributed by atoms with Crippen LogP contribution in [0.25, 0.3) is 106 Å². The lowest BCUT2D eigenvalue weighted by atomic mass is 9.95. The Morgan fingerprint density at radius 1 is 0.262 bits per heavy atom. The highest BCUT2D eigenvalue weighted by Gasteiger charge is 2.20. The fourth-order valence-corrected chi connectivity index (χ4v) is 8.46. The molecule has 0 fully saturated rings. The quantitative estimate of drug-likeness (QED) is 0.154. The van der Waals surface area contributed by atoms with Crippen LogP contribution in [-0.2, 0) is 0 Å². The van der Waals surface area contributed by atoms with Gasteiger partial charge in [0.15, 0.2) is 17.5 Å². The highest BCUT2D eigenvalue weighted by atomic mass is 15.0. The van der Waals surface area contributed by atoms with Crippen molar-refractivity contribution in [2.75, 3.05) is 0 Å². The van der Waals surface area contributed by atoms with Crippen molar-refractivity contribution in [3.63, 3.8) is 0 Å². The Morgan fingerprint density at radius 2 is 0.689 bits per heavy atom. The number of rotatable bonds is 8. The predicted octanol–water partition coefficient (Wildman–Crippen LogP) is 14.6. The van der Waals surface area contributed by atoms with E-state index >= 15 is 0 Å². The molecule has 61 heavy (non-hydrogen) atoms. The summed E-state index contributed by atoms with van der Waals surface area (Å²) in [7, 11) is 0. The molecule has 0 saturated carbocycles.